The molecule has 9 aromatic rings. The van der Waals surface area contributed by atoms with Crippen molar-refractivity contribution in [2.75, 3.05) is 0 Å². The van der Waals surface area contributed by atoms with Gasteiger partial charge in [-0.3, -0.25) is 0 Å². The summed E-state index contributed by atoms with van der Waals surface area (Å²) in [4.78, 5) is 15.6. The van der Waals surface area contributed by atoms with Crippen molar-refractivity contribution in [1.82, 2.24) is 15.0 Å². The molecular weight excluding hydrogens is 587 g/mol. The van der Waals surface area contributed by atoms with E-state index in [4.69, 9.17) is 19.4 Å². The van der Waals surface area contributed by atoms with Crippen LogP contribution in [0, 0.1) is 6.92 Å². The first-order valence-electron chi connectivity index (χ1n) is 16.4. The Morgan fingerprint density at radius 3 is 2.02 bits per heavy atom. The van der Waals surface area contributed by atoms with Crippen LogP contribution in [0.25, 0.3) is 88.4 Å². The second kappa shape index (κ2) is 10.6. The van der Waals surface area contributed by atoms with Crippen LogP contribution in [0.3, 0.4) is 0 Å². The lowest BCUT2D eigenvalue weighted by Crippen LogP contribution is -2.10. The van der Waals surface area contributed by atoms with Crippen molar-refractivity contribution in [2.45, 2.75) is 33.1 Å². The Bertz CT molecular complexity index is 2730. The highest BCUT2D eigenvalue weighted by molar-refractivity contribution is 6.13. The molecule has 9 rings (SSSR count). The van der Waals surface area contributed by atoms with Crippen molar-refractivity contribution in [1.29, 1.82) is 0 Å². The molecule has 7 aromatic carbocycles. The molecule has 0 atom stereocenters. The smallest absolute Gasteiger partial charge is 0.164 e. The second-order valence-electron chi connectivity index (χ2n) is 13.8. The first-order chi connectivity index (χ1) is 23.3. The Morgan fingerprint density at radius 2 is 1.15 bits per heavy atom. The van der Waals surface area contributed by atoms with Crippen molar-refractivity contribution < 1.29 is 4.42 Å². The minimum atomic E-state index is 0.0750. The minimum Gasteiger partial charge on any atom is -0.456 e. The third-order valence-electron chi connectivity index (χ3n) is 9.52. The molecule has 0 aliphatic rings. The van der Waals surface area contributed by atoms with Crippen LogP contribution in [-0.4, -0.2) is 15.0 Å². The van der Waals surface area contributed by atoms with Crippen LogP contribution < -0.4 is 0 Å². The maximum absolute atomic E-state index is 6.26. The zero-order valence-electron chi connectivity index (χ0n) is 27.4. The number of benzene rings is 7. The Labute approximate surface area is 278 Å². The summed E-state index contributed by atoms with van der Waals surface area (Å²) in [7, 11) is 0. The van der Waals surface area contributed by atoms with E-state index >= 15 is 0 Å². The van der Waals surface area contributed by atoms with Crippen LogP contribution in [-0.2, 0) is 5.41 Å². The van der Waals surface area contributed by atoms with Crippen molar-refractivity contribution >= 4 is 54.3 Å². The highest BCUT2D eigenvalue weighted by Crippen LogP contribution is 2.38. The number of fused-ring (bicyclic) bond motifs is 7. The summed E-state index contributed by atoms with van der Waals surface area (Å²) in [6.45, 7) is 8.88. The van der Waals surface area contributed by atoms with Gasteiger partial charge in [0.25, 0.3) is 0 Å². The number of aromatic nitrogens is 3. The summed E-state index contributed by atoms with van der Waals surface area (Å²) in [6.07, 6.45) is 0. The number of nitrogens with zero attached hydrogens (tertiary/aromatic N) is 3. The molecule has 0 fully saturated rings. The Hall–Kier alpha value is -5.87. The fourth-order valence-electron chi connectivity index (χ4n) is 6.95. The lowest BCUT2D eigenvalue weighted by molar-refractivity contribution is 0.591. The maximum atomic E-state index is 6.26. The number of rotatable bonds is 3. The van der Waals surface area contributed by atoms with Crippen LogP contribution in [0.1, 0.15) is 31.9 Å². The molecule has 0 N–H and O–H groups in total. The molecule has 0 amide bonds. The van der Waals surface area contributed by atoms with Gasteiger partial charge in [0.15, 0.2) is 17.5 Å². The molecule has 48 heavy (non-hydrogen) atoms. The van der Waals surface area contributed by atoms with Gasteiger partial charge in [-0.2, -0.15) is 0 Å². The Morgan fingerprint density at radius 1 is 0.479 bits per heavy atom. The highest BCUT2D eigenvalue weighted by Gasteiger charge is 2.20. The largest absolute Gasteiger partial charge is 0.456 e. The maximum Gasteiger partial charge on any atom is 0.164 e. The van der Waals surface area contributed by atoms with Gasteiger partial charge in [-0.05, 0) is 68.4 Å². The van der Waals surface area contributed by atoms with Crippen LogP contribution in [0.4, 0.5) is 0 Å². The molecule has 4 nitrogen and oxygen atoms in total. The number of aryl methyl sites for hydroxylation is 1. The summed E-state index contributed by atoms with van der Waals surface area (Å²) in [5.74, 6) is 1.89. The van der Waals surface area contributed by atoms with E-state index in [-0.39, 0.29) is 5.41 Å². The predicted molar refractivity (Wildman–Crippen MR) is 199 cm³/mol. The van der Waals surface area contributed by atoms with E-state index in [0.29, 0.717) is 17.5 Å². The number of furan rings is 1. The first-order valence-corrected chi connectivity index (χ1v) is 16.4. The molecule has 0 radical (unpaired) electrons. The van der Waals surface area contributed by atoms with Crippen LogP contribution in [0.15, 0.2) is 132 Å². The second-order valence-corrected chi connectivity index (χ2v) is 13.8. The van der Waals surface area contributed by atoms with Gasteiger partial charge >= 0.3 is 0 Å². The molecule has 0 saturated heterocycles. The topological polar surface area (TPSA) is 51.8 Å². The van der Waals surface area contributed by atoms with E-state index in [2.05, 4.69) is 125 Å². The molecule has 0 bridgehead atoms. The number of hydrogen-bond donors (Lipinski definition) is 0. The highest BCUT2D eigenvalue weighted by atomic mass is 16.3. The third-order valence-corrected chi connectivity index (χ3v) is 9.52. The van der Waals surface area contributed by atoms with Gasteiger partial charge in [0.2, 0.25) is 0 Å². The van der Waals surface area contributed by atoms with E-state index in [1.807, 2.05) is 30.3 Å². The van der Waals surface area contributed by atoms with E-state index in [0.717, 1.165) is 49.4 Å². The molecule has 0 aliphatic heterocycles. The Balaban J connectivity index is 1.31. The Kier molecular flexibility index (Phi) is 6.25. The predicted octanol–water partition coefficient (Wildman–Crippen LogP) is 11.8. The average molecular weight is 620 g/mol. The van der Waals surface area contributed by atoms with Gasteiger partial charge in [-0.15, -0.1) is 0 Å². The summed E-state index contributed by atoms with van der Waals surface area (Å²) < 4.78 is 6.26. The monoisotopic (exact) mass is 619 g/mol. The van der Waals surface area contributed by atoms with Crippen molar-refractivity contribution in [3.63, 3.8) is 0 Å². The molecule has 2 aromatic heterocycles. The van der Waals surface area contributed by atoms with Crippen LogP contribution in [0.2, 0.25) is 0 Å². The molecule has 0 spiro atoms. The van der Waals surface area contributed by atoms with Crippen molar-refractivity contribution in [3.05, 3.63) is 139 Å². The van der Waals surface area contributed by atoms with Gasteiger partial charge in [0.05, 0.1) is 0 Å². The quantitative estimate of drug-likeness (QED) is 0.185. The first kappa shape index (κ1) is 28.4. The minimum absolute atomic E-state index is 0.0750. The van der Waals surface area contributed by atoms with Crippen molar-refractivity contribution in [2.24, 2.45) is 0 Å². The molecule has 4 heteroatoms. The SMILES string of the molecule is Cc1ccc2ccc3c(-c4nc(-c5ccc6cc(C(C)(C)C)ccc6c5)nc(-c5cccc6oc7ccccc7c56)n4)cccc3c2c1. The zero-order chi connectivity index (χ0) is 32.6. The molecule has 0 aliphatic carbocycles. The molecule has 230 valence electrons. The number of hydrogen-bond acceptors (Lipinski definition) is 4. The van der Waals surface area contributed by atoms with E-state index in [1.54, 1.807) is 0 Å². The fraction of sp³-hybridized carbons (Fsp3) is 0.114. The van der Waals surface area contributed by atoms with E-state index in [1.165, 1.54) is 32.7 Å². The molecular formula is C44H33N3O. The number of para-hydroxylation sites is 1. The average Bonchev–Trinajstić information content (AvgIpc) is 3.49. The molecule has 2 heterocycles. The summed E-state index contributed by atoms with van der Waals surface area (Å²) >= 11 is 0. The van der Waals surface area contributed by atoms with Gasteiger partial charge < -0.3 is 4.42 Å². The van der Waals surface area contributed by atoms with Crippen LogP contribution in [0.5, 0.6) is 0 Å². The summed E-state index contributed by atoms with van der Waals surface area (Å²) in [5, 5.41) is 9.13. The van der Waals surface area contributed by atoms with Gasteiger partial charge in [-0.25, -0.2) is 15.0 Å². The normalized spacial score (nSPS) is 12.2. The molecule has 0 saturated carbocycles. The lowest BCUT2D eigenvalue weighted by atomic mass is 9.86. The van der Waals surface area contributed by atoms with Gasteiger partial charge in [0.1, 0.15) is 11.2 Å². The standard InChI is InChI=1S/C44H33N3O/c1-26-15-16-27-20-22-33-32(37(27)23-26)10-7-11-34(33)42-45-41(30-18-17-29-25-31(44(2,3)4)21-19-28(29)24-30)46-43(47-42)36-12-8-14-39-40(36)35-9-5-6-13-38(35)48-39/h5-25H,1-4H3. The van der Waals surface area contributed by atoms with Gasteiger partial charge in [0, 0.05) is 27.5 Å². The third kappa shape index (κ3) is 4.64. The lowest BCUT2D eigenvalue weighted by Gasteiger charge is -2.19. The van der Waals surface area contributed by atoms with Crippen molar-refractivity contribution in [3.8, 4) is 34.2 Å². The van der Waals surface area contributed by atoms with E-state index < -0.39 is 0 Å². The van der Waals surface area contributed by atoms with E-state index in [9.17, 15) is 0 Å². The summed E-state index contributed by atoms with van der Waals surface area (Å²) in [5.41, 5.74) is 7.11. The van der Waals surface area contributed by atoms with Gasteiger partial charge in [-0.1, -0.05) is 136 Å². The van der Waals surface area contributed by atoms with Crippen LogP contribution >= 0.6 is 0 Å². The summed E-state index contributed by atoms with van der Waals surface area (Å²) in [6, 6.07) is 44.9. The molecule has 0 unspecified atom stereocenters. The zero-order valence-corrected chi connectivity index (χ0v) is 27.4. The fourth-order valence-corrected chi connectivity index (χ4v) is 6.95.